The number of rotatable bonds is 7. The summed E-state index contributed by atoms with van der Waals surface area (Å²) in [5.74, 6) is 0.177. The lowest BCUT2D eigenvalue weighted by molar-refractivity contribution is -0.174. The van der Waals surface area contributed by atoms with Crippen LogP contribution in [0.15, 0.2) is 41.3 Å². The normalized spacial score (nSPS) is 25.7. The van der Waals surface area contributed by atoms with Gasteiger partial charge in [0.2, 0.25) is 0 Å². The molecular weight excluding hydrogens is 511 g/mol. The number of aromatic nitrogens is 2. The molecule has 1 atom stereocenters. The van der Waals surface area contributed by atoms with Gasteiger partial charge >= 0.3 is 17.9 Å². The number of urea groups is 1. The summed E-state index contributed by atoms with van der Waals surface area (Å²) in [5.41, 5.74) is 7.01. The largest absolute Gasteiger partial charge is 0.401 e. The number of alkyl halides is 3. The van der Waals surface area contributed by atoms with Gasteiger partial charge in [0.05, 0.1) is 12.2 Å². The average Bonchev–Trinajstić information content (AvgIpc) is 2.85. The van der Waals surface area contributed by atoms with E-state index in [4.69, 9.17) is 5.73 Å². The third-order valence-corrected chi connectivity index (χ3v) is 8.31. The van der Waals surface area contributed by atoms with Crippen LogP contribution in [0.2, 0.25) is 0 Å². The number of nitrogens with two attached hydrogens (primary N) is 1. The Hall–Kier alpha value is -2.96. The zero-order valence-electron chi connectivity index (χ0n) is 22.1. The minimum absolute atomic E-state index is 0.0800. The molecule has 9 nitrogen and oxygen atoms in total. The van der Waals surface area contributed by atoms with E-state index in [2.05, 4.69) is 15.6 Å². The number of nitrogens with one attached hydrogen (secondary N) is 2. The van der Waals surface area contributed by atoms with E-state index in [9.17, 15) is 22.8 Å². The molecule has 2 amide bonds. The van der Waals surface area contributed by atoms with E-state index in [1.54, 1.807) is 34.2 Å². The van der Waals surface area contributed by atoms with Crippen molar-refractivity contribution < 1.29 is 18.0 Å². The van der Waals surface area contributed by atoms with Crippen LogP contribution in [0.25, 0.3) is 5.69 Å². The van der Waals surface area contributed by atoms with E-state index in [-0.39, 0.29) is 35.4 Å². The Morgan fingerprint density at radius 1 is 1.18 bits per heavy atom. The number of benzene rings is 1. The van der Waals surface area contributed by atoms with Crippen molar-refractivity contribution in [3.63, 3.8) is 0 Å². The number of carbonyl (C=O) groups excluding carboxylic acids is 1. The predicted molar refractivity (Wildman–Crippen MR) is 142 cm³/mol. The summed E-state index contributed by atoms with van der Waals surface area (Å²) in [4.78, 5) is 32.3. The van der Waals surface area contributed by atoms with Crippen LogP contribution < -0.4 is 22.1 Å². The van der Waals surface area contributed by atoms with E-state index in [1.165, 1.54) is 4.57 Å². The van der Waals surface area contributed by atoms with Gasteiger partial charge in [-0.25, -0.2) is 9.59 Å². The predicted octanol–water partition coefficient (Wildman–Crippen LogP) is 2.73. The van der Waals surface area contributed by atoms with E-state index >= 15 is 0 Å². The molecule has 2 heterocycles. The first kappa shape index (κ1) is 27.6. The molecular formula is C27H36F3N7O2. The van der Waals surface area contributed by atoms with Gasteiger partial charge in [-0.3, -0.25) is 14.8 Å². The zero-order chi connectivity index (χ0) is 27.8. The molecule has 1 unspecified atom stereocenters. The molecule has 39 heavy (non-hydrogen) atoms. The van der Waals surface area contributed by atoms with Crippen LogP contribution in [0.4, 0.5) is 23.8 Å². The van der Waals surface area contributed by atoms with Crippen LogP contribution in [0.1, 0.15) is 38.2 Å². The molecule has 212 valence electrons. The minimum atomic E-state index is -4.26. The van der Waals surface area contributed by atoms with Gasteiger partial charge in [-0.2, -0.15) is 18.2 Å². The average molecular weight is 548 g/mol. The molecule has 5 rings (SSSR count). The summed E-state index contributed by atoms with van der Waals surface area (Å²) in [5, 5.41) is 5.84. The highest BCUT2D eigenvalue weighted by molar-refractivity contribution is 5.88. The lowest BCUT2D eigenvalue weighted by atomic mass is 9.52. The maximum atomic E-state index is 13.4. The highest BCUT2D eigenvalue weighted by Crippen LogP contribution is 2.57. The Labute approximate surface area is 225 Å². The standard InChI is InChI=1S/C27H36F3N7O2/c1-18(37(17-27(28,29)30)22-15-26(16-22)13-20(31)14-26)12-19-2-4-21(5-3-19)36-9-6-23(34-25(36)39)33-24(38)35-10-7-32-8-11-35/h2-6,9,18,20,22,32H,7-8,10-17,31H2,1H3,(H,33,34,38,39). The minimum Gasteiger partial charge on any atom is -0.328 e. The lowest BCUT2D eigenvalue weighted by Gasteiger charge is -2.60. The molecule has 2 aromatic rings. The number of amides is 2. The molecule has 3 aliphatic rings. The summed E-state index contributed by atoms with van der Waals surface area (Å²) in [7, 11) is 0. The van der Waals surface area contributed by atoms with Gasteiger partial charge in [0.15, 0.2) is 0 Å². The molecule has 2 saturated carbocycles. The molecule has 1 aromatic carbocycles. The van der Waals surface area contributed by atoms with Gasteiger partial charge in [-0.05, 0) is 68.2 Å². The van der Waals surface area contributed by atoms with Crippen LogP contribution in [0, 0.1) is 5.41 Å². The Morgan fingerprint density at radius 2 is 1.85 bits per heavy atom. The number of hydrogen-bond acceptors (Lipinski definition) is 6. The molecule has 4 N–H and O–H groups in total. The van der Waals surface area contributed by atoms with Gasteiger partial charge in [0.25, 0.3) is 0 Å². The second-order valence-electron chi connectivity index (χ2n) is 11.4. The first-order chi connectivity index (χ1) is 18.5. The fraction of sp³-hybridized carbons (Fsp3) is 0.593. The second-order valence-corrected chi connectivity index (χ2v) is 11.4. The van der Waals surface area contributed by atoms with Gasteiger partial charge in [-0.1, -0.05) is 12.1 Å². The highest BCUT2D eigenvalue weighted by Gasteiger charge is 2.54. The van der Waals surface area contributed by atoms with E-state index in [1.807, 2.05) is 19.1 Å². The monoisotopic (exact) mass is 547 g/mol. The number of hydrogen-bond donors (Lipinski definition) is 3. The summed E-state index contributed by atoms with van der Waals surface area (Å²) in [6.07, 6.45) is 1.13. The molecule has 1 aromatic heterocycles. The van der Waals surface area contributed by atoms with Crippen LogP contribution in [0.5, 0.6) is 0 Å². The quantitative estimate of drug-likeness (QED) is 0.492. The van der Waals surface area contributed by atoms with E-state index in [0.29, 0.717) is 38.3 Å². The topological polar surface area (TPSA) is 109 Å². The van der Waals surface area contributed by atoms with Crippen LogP contribution in [-0.4, -0.2) is 82.4 Å². The Kier molecular flexibility index (Phi) is 7.71. The second kappa shape index (κ2) is 10.9. The number of nitrogens with zero attached hydrogens (tertiary/aromatic N) is 4. The number of anilines is 1. The first-order valence-corrected chi connectivity index (χ1v) is 13.5. The third-order valence-electron chi connectivity index (χ3n) is 8.31. The first-order valence-electron chi connectivity index (χ1n) is 13.5. The number of halogens is 3. The smallest absolute Gasteiger partial charge is 0.328 e. The fourth-order valence-electron chi connectivity index (χ4n) is 6.39. The molecule has 0 bridgehead atoms. The highest BCUT2D eigenvalue weighted by atomic mass is 19.4. The Bertz CT molecular complexity index is 1210. The van der Waals surface area contributed by atoms with Crippen molar-refractivity contribution in [2.45, 2.75) is 63.3 Å². The summed E-state index contributed by atoms with van der Waals surface area (Å²) >= 11 is 0. The van der Waals surface area contributed by atoms with Crippen LogP contribution in [-0.2, 0) is 6.42 Å². The van der Waals surface area contributed by atoms with E-state index in [0.717, 1.165) is 31.2 Å². The van der Waals surface area contributed by atoms with Crippen molar-refractivity contribution in [1.82, 2.24) is 24.7 Å². The van der Waals surface area contributed by atoms with Gasteiger partial charge in [0.1, 0.15) is 5.82 Å². The van der Waals surface area contributed by atoms with Crippen molar-refractivity contribution in [3.05, 3.63) is 52.6 Å². The van der Waals surface area contributed by atoms with E-state index < -0.39 is 18.4 Å². The molecule has 0 radical (unpaired) electrons. The maximum Gasteiger partial charge on any atom is 0.401 e. The molecule has 1 spiro atoms. The molecule has 3 fully saturated rings. The molecule has 1 saturated heterocycles. The van der Waals surface area contributed by atoms with Crippen molar-refractivity contribution in [2.75, 3.05) is 38.0 Å². The SMILES string of the molecule is CC(Cc1ccc(-n2ccc(NC(=O)N3CCNCC3)nc2=O)cc1)N(CC(F)(F)F)C1CC2(CC(N)C2)C1. The van der Waals surface area contributed by atoms with Crippen LogP contribution in [0.3, 0.4) is 0 Å². The summed E-state index contributed by atoms with van der Waals surface area (Å²) in [6.45, 7) is 3.52. The van der Waals surface area contributed by atoms with Gasteiger partial charge in [-0.15, -0.1) is 0 Å². The lowest BCUT2D eigenvalue weighted by Crippen LogP contribution is -2.62. The van der Waals surface area contributed by atoms with Crippen molar-refractivity contribution in [2.24, 2.45) is 11.1 Å². The van der Waals surface area contributed by atoms with Crippen LogP contribution >= 0.6 is 0 Å². The number of piperazine rings is 1. The number of carbonyl (C=O) groups is 1. The molecule has 2 aliphatic carbocycles. The Balaban J connectivity index is 1.21. The van der Waals surface area contributed by atoms with Gasteiger partial charge in [0, 0.05) is 50.5 Å². The zero-order valence-corrected chi connectivity index (χ0v) is 22.1. The third kappa shape index (κ3) is 6.44. The van der Waals surface area contributed by atoms with Gasteiger partial charge < -0.3 is 16.0 Å². The molecule has 12 heteroatoms. The molecule has 1 aliphatic heterocycles. The fourth-order valence-corrected chi connectivity index (χ4v) is 6.39. The summed E-state index contributed by atoms with van der Waals surface area (Å²) in [6, 6.07) is 8.25. The Morgan fingerprint density at radius 3 is 2.44 bits per heavy atom. The van der Waals surface area contributed by atoms with Crippen molar-refractivity contribution in [1.29, 1.82) is 0 Å². The summed E-state index contributed by atoms with van der Waals surface area (Å²) < 4.78 is 41.6. The van der Waals surface area contributed by atoms with Crippen molar-refractivity contribution in [3.8, 4) is 5.69 Å². The maximum absolute atomic E-state index is 13.4. The van der Waals surface area contributed by atoms with Crippen molar-refractivity contribution >= 4 is 11.8 Å².